The van der Waals surface area contributed by atoms with Crippen LogP contribution in [0.5, 0.6) is 0 Å². The zero-order chi connectivity index (χ0) is 28.3. The smallest absolute Gasteiger partial charge is 0.237 e. The SMILES string of the molecule is CC1(C)CCC2(CC1)N[C@@H](COCNC1CC(CO)C1)[C@H](c1ccnc(Cl)c1F)[C@]21C(=O)Nc2cc(Cl)ccc21. The van der Waals surface area contributed by atoms with E-state index in [2.05, 4.69) is 34.8 Å². The maximum Gasteiger partial charge on any atom is 0.237 e. The fourth-order valence-electron chi connectivity index (χ4n) is 7.81. The summed E-state index contributed by atoms with van der Waals surface area (Å²) in [4.78, 5) is 18.4. The van der Waals surface area contributed by atoms with Crippen LogP contribution < -0.4 is 16.0 Å². The molecule has 0 unspecified atom stereocenters. The van der Waals surface area contributed by atoms with Gasteiger partial charge in [0.15, 0.2) is 11.0 Å². The summed E-state index contributed by atoms with van der Waals surface area (Å²) in [6.07, 6.45) is 6.71. The van der Waals surface area contributed by atoms with Crippen molar-refractivity contribution in [2.45, 2.75) is 81.3 Å². The summed E-state index contributed by atoms with van der Waals surface area (Å²) in [5.74, 6) is -1.01. The third kappa shape index (κ3) is 4.46. The van der Waals surface area contributed by atoms with Gasteiger partial charge in [0.2, 0.25) is 5.91 Å². The van der Waals surface area contributed by atoms with Crippen molar-refractivity contribution in [3.8, 4) is 0 Å². The average Bonchev–Trinajstić information content (AvgIpc) is 3.33. The molecule has 2 aliphatic heterocycles. The molecular formula is C30H37Cl2FN4O3. The van der Waals surface area contributed by atoms with E-state index in [4.69, 9.17) is 27.9 Å². The number of ether oxygens (including phenoxy) is 1. The molecule has 3 fully saturated rings. The number of anilines is 1. The maximum atomic E-state index is 15.9. The number of hydrogen-bond donors (Lipinski definition) is 4. The van der Waals surface area contributed by atoms with Crippen molar-refractivity contribution in [1.29, 1.82) is 0 Å². The second-order valence-corrected chi connectivity index (χ2v) is 13.7. The molecule has 2 saturated carbocycles. The first kappa shape index (κ1) is 28.3. The van der Waals surface area contributed by atoms with E-state index in [1.165, 1.54) is 6.20 Å². The van der Waals surface area contributed by atoms with Crippen LogP contribution in [0.2, 0.25) is 10.2 Å². The highest BCUT2D eigenvalue weighted by Gasteiger charge is 2.71. The summed E-state index contributed by atoms with van der Waals surface area (Å²) in [7, 11) is 0. The van der Waals surface area contributed by atoms with Crippen LogP contribution in [0.3, 0.4) is 0 Å². The number of benzene rings is 1. The summed E-state index contributed by atoms with van der Waals surface area (Å²) in [5, 5.41) is 20.0. The summed E-state index contributed by atoms with van der Waals surface area (Å²) in [5.41, 5.74) is 0.275. The Morgan fingerprint density at radius 3 is 2.65 bits per heavy atom. The van der Waals surface area contributed by atoms with Crippen molar-refractivity contribution in [3.05, 3.63) is 57.6 Å². The van der Waals surface area contributed by atoms with Crippen LogP contribution >= 0.6 is 23.2 Å². The Morgan fingerprint density at radius 2 is 1.93 bits per heavy atom. The third-order valence-corrected chi connectivity index (χ3v) is 10.5. The predicted molar refractivity (Wildman–Crippen MR) is 153 cm³/mol. The second kappa shape index (κ2) is 10.5. The lowest BCUT2D eigenvalue weighted by Crippen LogP contribution is -2.61. The van der Waals surface area contributed by atoms with Crippen LogP contribution in [0.1, 0.15) is 69.4 Å². The standard InChI is InChI=1S/C30H37Cl2FN4O3/c1-28(2)6-8-29(9-7-28)30(21-4-3-18(31)13-22(21)36-27(30)39)24(20-5-10-34-26(32)25(20)33)23(37-29)15-40-16-35-19-11-17(12-19)14-38/h3-5,10,13,17,19,23-24,35,37-38H,6-9,11-12,14-16H2,1-2H3,(H,36,39)/t17?,19?,23-,24-,30+/m0/s1. The van der Waals surface area contributed by atoms with Crippen molar-refractivity contribution in [1.82, 2.24) is 15.6 Å². The van der Waals surface area contributed by atoms with Gasteiger partial charge in [-0.1, -0.05) is 43.1 Å². The lowest BCUT2D eigenvalue weighted by Gasteiger charge is -2.50. The van der Waals surface area contributed by atoms with E-state index >= 15 is 4.39 Å². The van der Waals surface area contributed by atoms with E-state index in [9.17, 15) is 9.90 Å². The van der Waals surface area contributed by atoms with E-state index in [1.807, 2.05) is 12.1 Å². The molecule has 7 nitrogen and oxygen atoms in total. The number of aliphatic hydroxyl groups excluding tert-OH is 1. The minimum Gasteiger partial charge on any atom is -0.396 e. The molecule has 40 heavy (non-hydrogen) atoms. The number of fused-ring (bicyclic) bond motifs is 3. The molecular weight excluding hydrogens is 554 g/mol. The van der Waals surface area contributed by atoms with Crippen LogP contribution in [0, 0.1) is 17.2 Å². The molecule has 1 amide bonds. The Morgan fingerprint density at radius 1 is 1.18 bits per heavy atom. The van der Waals surface area contributed by atoms with Crippen LogP contribution in [0.25, 0.3) is 0 Å². The van der Waals surface area contributed by atoms with Crippen LogP contribution in [0.15, 0.2) is 30.5 Å². The molecule has 0 radical (unpaired) electrons. The van der Waals surface area contributed by atoms with E-state index in [1.54, 1.807) is 12.1 Å². The molecule has 4 N–H and O–H groups in total. The lowest BCUT2D eigenvalue weighted by molar-refractivity contribution is -0.124. The molecule has 1 aromatic heterocycles. The number of halogens is 3. The number of hydrogen-bond acceptors (Lipinski definition) is 6. The Labute approximate surface area is 244 Å². The van der Waals surface area contributed by atoms with E-state index in [-0.39, 0.29) is 35.7 Å². The van der Waals surface area contributed by atoms with Gasteiger partial charge in [0.25, 0.3) is 0 Å². The third-order valence-electron chi connectivity index (χ3n) is 10.0. The first-order chi connectivity index (χ1) is 19.1. The van der Waals surface area contributed by atoms with Gasteiger partial charge in [0.1, 0.15) is 5.41 Å². The summed E-state index contributed by atoms with van der Waals surface area (Å²) in [6.45, 7) is 5.34. The van der Waals surface area contributed by atoms with Gasteiger partial charge < -0.3 is 20.5 Å². The van der Waals surface area contributed by atoms with Gasteiger partial charge in [-0.15, -0.1) is 0 Å². The molecule has 0 bridgehead atoms. The van der Waals surface area contributed by atoms with Crippen molar-refractivity contribution in [3.63, 3.8) is 0 Å². The fraction of sp³-hybridized carbons (Fsp3) is 0.600. The summed E-state index contributed by atoms with van der Waals surface area (Å²) >= 11 is 12.6. The molecule has 216 valence electrons. The highest BCUT2D eigenvalue weighted by atomic mass is 35.5. The Kier molecular flexibility index (Phi) is 7.42. The molecule has 2 aromatic rings. The zero-order valence-corrected chi connectivity index (χ0v) is 24.4. The van der Waals surface area contributed by atoms with Crippen molar-refractivity contribution in [2.24, 2.45) is 11.3 Å². The molecule has 4 aliphatic rings. The largest absolute Gasteiger partial charge is 0.396 e. The van der Waals surface area contributed by atoms with Crippen LogP contribution in [-0.2, 0) is 14.9 Å². The number of aromatic nitrogens is 1. The Balaban J connectivity index is 1.41. The second-order valence-electron chi connectivity index (χ2n) is 12.9. The monoisotopic (exact) mass is 590 g/mol. The topological polar surface area (TPSA) is 95.5 Å². The highest BCUT2D eigenvalue weighted by Crippen LogP contribution is 2.64. The predicted octanol–water partition coefficient (Wildman–Crippen LogP) is 5.15. The van der Waals surface area contributed by atoms with Gasteiger partial charge in [0.05, 0.1) is 13.3 Å². The fourth-order valence-corrected chi connectivity index (χ4v) is 8.15. The molecule has 2 aliphatic carbocycles. The van der Waals surface area contributed by atoms with Gasteiger partial charge in [0, 0.05) is 47.1 Å². The molecule has 10 heteroatoms. The maximum absolute atomic E-state index is 15.9. The first-order valence-corrected chi connectivity index (χ1v) is 15.0. The number of nitrogens with one attached hydrogen (secondary N) is 3. The molecule has 6 rings (SSSR count). The quantitative estimate of drug-likeness (QED) is 0.202. The number of pyridine rings is 1. The average molecular weight is 592 g/mol. The van der Waals surface area contributed by atoms with Gasteiger partial charge in [-0.05, 0) is 79.2 Å². The van der Waals surface area contributed by atoms with Gasteiger partial charge >= 0.3 is 0 Å². The van der Waals surface area contributed by atoms with Gasteiger partial charge in [-0.25, -0.2) is 9.37 Å². The van der Waals surface area contributed by atoms with Gasteiger partial charge in [-0.3, -0.25) is 10.1 Å². The van der Waals surface area contributed by atoms with E-state index < -0.39 is 22.7 Å². The molecule has 1 saturated heterocycles. The van der Waals surface area contributed by atoms with Crippen molar-refractivity contribution < 1.29 is 19.0 Å². The molecule has 3 atom stereocenters. The minimum absolute atomic E-state index is 0.139. The number of nitrogens with zero attached hydrogens (tertiary/aromatic N) is 1. The molecule has 1 aromatic carbocycles. The molecule has 2 spiro atoms. The normalized spacial score (nSPS) is 31.8. The van der Waals surface area contributed by atoms with E-state index in [0.717, 1.165) is 44.1 Å². The number of aliphatic hydroxyl groups is 1. The number of amides is 1. The van der Waals surface area contributed by atoms with E-state index in [0.29, 0.717) is 35.0 Å². The highest BCUT2D eigenvalue weighted by molar-refractivity contribution is 6.31. The zero-order valence-electron chi connectivity index (χ0n) is 22.9. The first-order valence-electron chi connectivity index (χ1n) is 14.2. The van der Waals surface area contributed by atoms with Crippen LogP contribution in [0.4, 0.5) is 10.1 Å². The minimum atomic E-state index is -1.10. The van der Waals surface area contributed by atoms with Crippen molar-refractivity contribution >= 4 is 34.8 Å². The van der Waals surface area contributed by atoms with Crippen molar-refractivity contribution in [2.75, 3.05) is 25.3 Å². The van der Waals surface area contributed by atoms with Crippen LogP contribution in [-0.4, -0.2) is 53.6 Å². The molecule has 3 heterocycles. The number of carbonyl (C=O) groups excluding carboxylic acids is 1. The Hall–Kier alpha value is -1.81. The number of carbonyl (C=O) groups is 1. The number of rotatable bonds is 7. The summed E-state index contributed by atoms with van der Waals surface area (Å²) in [6, 6.07) is 7.11. The Bertz CT molecular complexity index is 1290. The van der Waals surface area contributed by atoms with Gasteiger partial charge in [-0.2, -0.15) is 0 Å². The lowest BCUT2D eigenvalue weighted by atomic mass is 9.53. The summed E-state index contributed by atoms with van der Waals surface area (Å²) < 4.78 is 22.1.